The highest BCUT2D eigenvalue weighted by atomic mass is 32.2. The number of aromatic carboxylic acids is 1. The molecule has 17 heavy (non-hydrogen) atoms. The average molecular weight is 245 g/mol. The minimum atomic E-state index is -0.907. The summed E-state index contributed by atoms with van der Waals surface area (Å²) >= 11 is 1.52. The lowest BCUT2D eigenvalue weighted by molar-refractivity contribution is 0.0697. The van der Waals surface area contributed by atoms with Crippen LogP contribution in [0.25, 0.3) is 0 Å². The summed E-state index contributed by atoms with van der Waals surface area (Å²) in [6.07, 6.45) is 1.77. The topological polar surface area (TPSA) is 50.2 Å². The third-order valence-electron chi connectivity index (χ3n) is 2.21. The zero-order chi connectivity index (χ0) is 12.3. The maximum absolute atomic E-state index is 10.7. The van der Waals surface area contributed by atoms with Crippen LogP contribution < -0.4 is 0 Å². The number of aromatic nitrogens is 1. The van der Waals surface area contributed by atoms with Crippen LogP contribution in [0.5, 0.6) is 0 Å². The second-order valence-corrected chi connectivity index (χ2v) is 4.70. The molecule has 0 aliphatic carbocycles. The molecule has 0 radical (unpaired) electrons. The lowest BCUT2D eigenvalue weighted by atomic mass is 10.2. The molecule has 0 spiro atoms. The fraction of sp³-hybridized carbons (Fsp3) is 0.0769. The van der Waals surface area contributed by atoms with Gasteiger partial charge >= 0.3 is 5.97 Å². The van der Waals surface area contributed by atoms with Gasteiger partial charge in [0.05, 0.1) is 5.56 Å². The van der Waals surface area contributed by atoms with Gasteiger partial charge in [-0.25, -0.2) is 9.78 Å². The van der Waals surface area contributed by atoms with Crippen molar-refractivity contribution in [3.05, 3.63) is 53.7 Å². The Labute approximate surface area is 104 Å². The third-order valence-corrected chi connectivity index (χ3v) is 3.15. The molecule has 2 aromatic rings. The Morgan fingerprint density at radius 1 is 1.24 bits per heavy atom. The monoisotopic (exact) mass is 245 g/mol. The number of aryl methyl sites for hydroxylation is 1. The maximum atomic E-state index is 10.7. The summed E-state index contributed by atoms with van der Waals surface area (Å²) in [6, 6.07) is 10.7. The van der Waals surface area contributed by atoms with Crippen LogP contribution in [0.3, 0.4) is 0 Å². The molecule has 1 heterocycles. The predicted octanol–water partition coefficient (Wildman–Crippen LogP) is 3.24. The Balaban J connectivity index is 2.16. The van der Waals surface area contributed by atoms with Crippen molar-refractivity contribution in [2.75, 3.05) is 0 Å². The van der Waals surface area contributed by atoms with Gasteiger partial charge in [0.25, 0.3) is 0 Å². The third kappa shape index (κ3) is 3.07. The van der Waals surface area contributed by atoms with Gasteiger partial charge in [0.2, 0.25) is 0 Å². The molecule has 0 saturated heterocycles. The number of carboxylic acids is 1. The lowest BCUT2D eigenvalue weighted by Gasteiger charge is -2.02. The van der Waals surface area contributed by atoms with Crippen LogP contribution >= 0.6 is 11.8 Å². The van der Waals surface area contributed by atoms with Gasteiger partial charge in [0.15, 0.2) is 0 Å². The number of carbonyl (C=O) groups is 1. The quantitative estimate of drug-likeness (QED) is 0.901. The summed E-state index contributed by atoms with van der Waals surface area (Å²) in [6.45, 7) is 2.01. The van der Waals surface area contributed by atoms with E-state index in [1.807, 2.05) is 19.1 Å². The molecule has 0 aliphatic heterocycles. The van der Waals surface area contributed by atoms with Crippen LogP contribution in [0.4, 0.5) is 0 Å². The number of nitrogens with zero attached hydrogens (tertiary/aromatic N) is 1. The van der Waals surface area contributed by atoms with Crippen LogP contribution in [0.2, 0.25) is 0 Å². The van der Waals surface area contributed by atoms with Gasteiger partial charge in [0.1, 0.15) is 5.03 Å². The van der Waals surface area contributed by atoms with Crippen molar-refractivity contribution in [1.82, 2.24) is 4.98 Å². The van der Waals surface area contributed by atoms with Crippen LogP contribution in [0, 0.1) is 6.92 Å². The molecule has 0 unspecified atom stereocenters. The SMILES string of the molecule is Cc1ccnc(Sc2ccc(C(=O)O)cc2)c1. The number of benzene rings is 1. The standard InChI is InChI=1S/C13H11NO2S/c1-9-6-7-14-12(8-9)17-11-4-2-10(3-5-11)13(15)16/h2-8H,1H3,(H,15,16). The minimum Gasteiger partial charge on any atom is -0.478 e. The lowest BCUT2D eigenvalue weighted by Crippen LogP contribution is -1.94. The van der Waals surface area contributed by atoms with Gasteiger partial charge in [-0.2, -0.15) is 0 Å². The molecule has 86 valence electrons. The van der Waals surface area contributed by atoms with E-state index >= 15 is 0 Å². The van der Waals surface area contributed by atoms with E-state index in [1.54, 1.807) is 30.5 Å². The molecule has 0 aliphatic rings. The average Bonchev–Trinajstić information content (AvgIpc) is 2.29. The number of rotatable bonds is 3. The van der Waals surface area contributed by atoms with Crippen molar-refractivity contribution in [3.63, 3.8) is 0 Å². The van der Waals surface area contributed by atoms with E-state index in [2.05, 4.69) is 4.98 Å². The highest BCUT2D eigenvalue weighted by Crippen LogP contribution is 2.26. The maximum Gasteiger partial charge on any atom is 0.335 e. The van der Waals surface area contributed by atoms with E-state index in [4.69, 9.17) is 5.11 Å². The number of hydrogen-bond acceptors (Lipinski definition) is 3. The fourth-order valence-corrected chi connectivity index (χ4v) is 2.22. The van der Waals surface area contributed by atoms with Crippen molar-refractivity contribution in [3.8, 4) is 0 Å². The van der Waals surface area contributed by atoms with E-state index in [1.165, 1.54) is 11.8 Å². The van der Waals surface area contributed by atoms with E-state index in [0.29, 0.717) is 5.56 Å². The molecule has 0 fully saturated rings. The highest BCUT2D eigenvalue weighted by molar-refractivity contribution is 7.99. The number of carboxylic acid groups (broad SMARTS) is 1. The van der Waals surface area contributed by atoms with Gasteiger partial charge in [-0.15, -0.1) is 0 Å². The first kappa shape index (κ1) is 11.7. The summed E-state index contributed by atoms with van der Waals surface area (Å²) in [5.41, 5.74) is 1.45. The highest BCUT2D eigenvalue weighted by Gasteiger charge is 2.03. The second kappa shape index (κ2) is 5.01. The summed E-state index contributed by atoms with van der Waals surface area (Å²) in [4.78, 5) is 15.9. The van der Waals surface area contributed by atoms with E-state index in [9.17, 15) is 4.79 Å². The largest absolute Gasteiger partial charge is 0.478 e. The molecule has 0 saturated carbocycles. The fourth-order valence-electron chi connectivity index (χ4n) is 1.35. The Morgan fingerprint density at radius 3 is 2.53 bits per heavy atom. The first-order chi connectivity index (χ1) is 8.15. The van der Waals surface area contributed by atoms with Crippen LogP contribution in [0.1, 0.15) is 15.9 Å². The van der Waals surface area contributed by atoms with E-state index in [-0.39, 0.29) is 0 Å². The molecule has 1 aromatic heterocycles. The van der Waals surface area contributed by atoms with Crippen LogP contribution in [-0.4, -0.2) is 16.1 Å². The van der Waals surface area contributed by atoms with Crippen molar-refractivity contribution in [2.24, 2.45) is 0 Å². The van der Waals surface area contributed by atoms with Crippen molar-refractivity contribution in [1.29, 1.82) is 0 Å². The van der Waals surface area contributed by atoms with Gasteiger partial charge < -0.3 is 5.11 Å². The molecule has 0 amide bonds. The predicted molar refractivity (Wildman–Crippen MR) is 66.5 cm³/mol. The minimum absolute atomic E-state index is 0.298. The van der Waals surface area contributed by atoms with E-state index in [0.717, 1.165) is 15.5 Å². The molecular formula is C13H11NO2S. The first-order valence-corrected chi connectivity index (χ1v) is 5.91. The molecule has 2 rings (SSSR count). The molecule has 0 atom stereocenters. The molecule has 3 nitrogen and oxygen atoms in total. The molecule has 1 aromatic carbocycles. The Hall–Kier alpha value is -1.81. The number of pyridine rings is 1. The Bertz CT molecular complexity index is 537. The van der Waals surface area contributed by atoms with Crippen molar-refractivity contribution >= 4 is 17.7 Å². The zero-order valence-electron chi connectivity index (χ0n) is 9.25. The van der Waals surface area contributed by atoms with Gasteiger partial charge in [-0.1, -0.05) is 11.8 Å². The first-order valence-electron chi connectivity index (χ1n) is 5.09. The summed E-state index contributed by atoms with van der Waals surface area (Å²) < 4.78 is 0. The van der Waals surface area contributed by atoms with E-state index < -0.39 is 5.97 Å². The summed E-state index contributed by atoms with van der Waals surface area (Å²) in [5.74, 6) is -0.907. The van der Waals surface area contributed by atoms with Crippen LogP contribution in [0.15, 0.2) is 52.5 Å². The Kier molecular flexibility index (Phi) is 3.44. The molecular weight excluding hydrogens is 234 g/mol. The number of hydrogen-bond donors (Lipinski definition) is 1. The van der Waals surface area contributed by atoms with Gasteiger partial charge in [-0.3, -0.25) is 0 Å². The molecule has 1 N–H and O–H groups in total. The van der Waals surface area contributed by atoms with Gasteiger partial charge in [-0.05, 0) is 48.9 Å². The second-order valence-electron chi connectivity index (χ2n) is 3.60. The smallest absolute Gasteiger partial charge is 0.335 e. The summed E-state index contributed by atoms with van der Waals surface area (Å²) in [7, 11) is 0. The molecule has 0 bridgehead atoms. The Morgan fingerprint density at radius 2 is 1.94 bits per heavy atom. The van der Waals surface area contributed by atoms with Crippen molar-refractivity contribution < 1.29 is 9.90 Å². The summed E-state index contributed by atoms with van der Waals surface area (Å²) in [5, 5.41) is 9.69. The van der Waals surface area contributed by atoms with Crippen molar-refractivity contribution in [2.45, 2.75) is 16.8 Å². The molecule has 4 heteroatoms. The van der Waals surface area contributed by atoms with Crippen LogP contribution in [-0.2, 0) is 0 Å². The zero-order valence-corrected chi connectivity index (χ0v) is 10.1. The van der Waals surface area contributed by atoms with Gasteiger partial charge in [0, 0.05) is 11.1 Å². The normalized spacial score (nSPS) is 10.2.